The zero-order valence-electron chi connectivity index (χ0n) is 19.6. The van der Waals surface area contributed by atoms with Gasteiger partial charge in [-0.2, -0.15) is 0 Å². The SMILES string of the molecule is Cc1ccc2[nH]c(=O)c([C@@H](c3nnnn3C3CCCCC3)N3CCCc4ccccc43)cc2c1. The molecule has 174 valence electrons. The monoisotopic (exact) mass is 454 g/mol. The summed E-state index contributed by atoms with van der Waals surface area (Å²) < 4.78 is 2.01. The number of pyridine rings is 1. The van der Waals surface area contributed by atoms with Gasteiger partial charge >= 0.3 is 0 Å². The van der Waals surface area contributed by atoms with Crippen LogP contribution in [0.25, 0.3) is 10.9 Å². The van der Waals surface area contributed by atoms with E-state index in [0.29, 0.717) is 5.56 Å². The summed E-state index contributed by atoms with van der Waals surface area (Å²) in [7, 11) is 0. The molecule has 34 heavy (non-hydrogen) atoms. The van der Waals surface area contributed by atoms with Gasteiger partial charge in [-0.25, -0.2) is 4.68 Å². The molecule has 0 radical (unpaired) electrons. The van der Waals surface area contributed by atoms with E-state index in [0.717, 1.165) is 54.5 Å². The maximum atomic E-state index is 13.5. The summed E-state index contributed by atoms with van der Waals surface area (Å²) in [6.07, 6.45) is 7.88. The van der Waals surface area contributed by atoms with Crippen LogP contribution < -0.4 is 10.5 Å². The van der Waals surface area contributed by atoms with Crippen molar-refractivity contribution in [2.45, 2.75) is 64.0 Å². The quantitative estimate of drug-likeness (QED) is 0.476. The van der Waals surface area contributed by atoms with Crippen molar-refractivity contribution in [3.05, 3.63) is 81.4 Å². The first-order valence-corrected chi connectivity index (χ1v) is 12.4. The molecule has 2 aliphatic rings. The highest BCUT2D eigenvalue weighted by Gasteiger charge is 2.34. The Hall–Kier alpha value is -3.48. The van der Waals surface area contributed by atoms with E-state index in [1.807, 2.05) is 22.9 Å². The summed E-state index contributed by atoms with van der Waals surface area (Å²) in [4.78, 5) is 19.0. The van der Waals surface area contributed by atoms with Gasteiger partial charge in [-0.15, -0.1) is 5.10 Å². The number of fused-ring (bicyclic) bond motifs is 2. The molecule has 1 N–H and O–H groups in total. The lowest BCUT2D eigenvalue weighted by molar-refractivity contribution is 0.313. The van der Waals surface area contributed by atoms with Crippen LogP contribution in [-0.2, 0) is 6.42 Å². The Morgan fingerprint density at radius 2 is 1.88 bits per heavy atom. The molecule has 0 saturated heterocycles. The maximum absolute atomic E-state index is 13.5. The number of nitrogens with one attached hydrogen (secondary N) is 1. The molecule has 7 nitrogen and oxygen atoms in total. The molecule has 1 atom stereocenters. The van der Waals surface area contributed by atoms with Crippen molar-refractivity contribution in [2.75, 3.05) is 11.4 Å². The maximum Gasteiger partial charge on any atom is 0.254 e. The summed E-state index contributed by atoms with van der Waals surface area (Å²) in [6.45, 7) is 2.93. The summed E-state index contributed by atoms with van der Waals surface area (Å²) >= 11 is 0. The van der Waals surface area contributed by atoms with Crippen molar-refractivity contribution >= 4 is 16.6 Å². The molecule has 7 heteroatoms. The molecule has 2 aromatic heterocycles. The second-order valence-electron chi connectivity index (χ2n) is 9.75. The molecular weight excluding hydrogens is 424 g/mol. The highest BCUT2D eigenvalue weighted by Crippen LogP contribution is 2.38. The number of aryl methyl sites for hydroxylation is 2. The largest absolute Gasteiger partial charge is 0.357 e. The Bertz CT molecular complexity index is 1380. The highest BCUT2D eigenvalue weighted by atomic mass is 16.1. The van der Waals surface area contributed by atoms with Crippen LogP contribution in [0, 0.1) is 6.92 Å². The Labute approximate surface area is 198 Å². The smallest absolute Gasteiger partial charge is 0.254 e. The molecular formula is C27H30N6O. The van der Waals surface area contributed by atoms with E-state index >= 15 is 0 Å². The van der Waals surface area contributed by atoms with Crippen molar-refractivity contribution < 1.29 is 0 Å². The third-order valence-electron chi connectivity index (χ3n) is 7.46. The van der Waals surface area contributed by atoms with Crippen molar-refractivity contribution in [2.24, 2.45) is 0 Å². The minimum Gasteiger partial charge on any atom is -0.357 e. The third-order valence-corrected chi connectivity index (χ3v) is 7.46. The number of H-pyrrole nitrogens is 1. The Balaban J connectivity index is 1.56. The third kappa shape index (κ3) is 3.69. The summed E-state index contributed by atoms with van der Waals surface area (Å²) in [5.74, 6) is 0.765. The molecule has 0 amide bonds. The van der Waals surface area contributed by atoms with Gasteiger partial charge in [-0.3, -0.25) is 4.79 Å². The predicted octanol–water partition coefficient (Wildman–Crippen LogP) is 4.87. The van der Waals surface area contributed by atoms with Gasteiger partial charge in [-0.1, -0.05) is 49.1 Å². The van der Waals surface area contributed by atoms with Crippen LogP contribution in [-0.4, -0.2) is 31.7 Å². The van der Waals surface area contributed by atoms with Crippen LogP contribution in [0.1, 0.15) is 73.1 Å². The normalized spacial score (nSPS) is 17.6. The second kappa shape index (κ2) is 8.70. The minimum atomic E-state index is -0.355. The molecule has 1 fully saturated rings. The minimum absolute atomic E-state index is 0.0809. The molecule has 2 aromatic carbocycles. The molecule has 3 heterocycles. The van der Waals surface area contributed by atoms with Crippen LogP contribution >= 0.6 is 0 Å². The molecule has 4 aromatic rings. The standard InChI is InChI=1S/C27H30N6O/c1-18-13-14-23-20(16-18)17-22(27(34)28-23)25(32-15-7-9-19-8-5-6-12-24(19)32)26-29-30-31-33(26)21-10-3-2-4-11-21/h5-6,8,12-14,16-17,21,25H,2-4,7,9-11,15H2,1H3,(H,28,34)/t25-/m0/s1. The van der Waals surface area contributed by atoms with E-state index < -0.39 is 0 Å². The Kier molecular flexibility index (Phi) is 5.40. The number of anilines is 1. The average Bonchev–Trinajstić information content (AvgIpc) is 3.35. The molecule has 0 spiro atoms. The van der Waals surface area contributed by atoms with E-state index in [9.17, 15) is 4.79 Å². The summed E-state index contributed by atoms with van der Waals surface area (Å²) in [5, 5.41) is 14.2. The fraction of sp³-hybridized carbons (Fsp3) is 0.407. The molecule has 6 rings (SSSR count). The number of hydrogen-bond donors (Lipinski definition) is 1. The number of hydrogen-bond acceptors (Lipinski definition) is 5. The zero-order chi connectivity index (χ0) is 23.1. The van der Waals surface area contributed by atoms with Crippen LogP contribution in [0.4, 0.5) is 5.69 Å². The van der Waals surface area contributed by atoms with Gasteiger partial charge in [0.05, 0.1) is 6.04 Å². The van der Waals surface area contributed by atoms with Crippen LogP contribution in [0.5, 0.6) is 0 Å². The van der Waals surface area contributed by atoms with Gasteiger partial charge in [0.2, 0.25) is 0 Å². The molecule has 1 saturated carbocycles. The van der Waals surface area contributed by atoms with Crippen LogP contribution in [0.3, 0.4) is 0 Å². The summed E-state index contributed by atoms with van der Waals surface area (Å²) in [6, 6.07) is 16.6. The number of benzene rings is 2. The van der Waals surface area contributed by atoms with Gasteiger partial charge in [0.25, 0.3) is 5.56 Å². The van der Waals surface area contributed by atoms with Crippen molar-refractivity contribution in [1.82, 2.24) is 25.2 Å². The fourth-order valence-electron chi connectivity index (χ4n) is 5.79. The van der Waals surface area contributed by atoms with Gasteiger partial charge in [0, 0.05) is 23.3 Å². The average molecular weight is 455 g/mol. The number of tetrazole rings is 1. The van der Waals surface area contributed by atoms with E-state index in [1.165, 1.54) is 30.5 Å². The van der Waals surface area contributed by atoms with Crippen LogP contribution in [0.2, 0.25) is 0 Å². The number of aromatic nitrogens is 5. The number of nitrogens with zero attached hydrogens (tertiary/aromatic N) is 5. The molecule has 0 bridgehead atoms. The first kappa shape index (κ1) is 21.1. The van der Waals surface area contributed by atoms with Crippen molar-refractivity contribution in [1.29, 1.82) is 0 Å². The lowest BCUT2D eigenvalue weighted by Crippen LogP contribution is -2.39. The van der Waals surface area contributed by atoms with E-state index in [-0.39, 0.29) is 17.6 Å². The first-order chi connectivity index (χ1) is 16.7. The second-order valence-corrected chi connectivity index (χ2v) is 9.75. The molecule has 1 aliphatic carbocycles. The Morgan fingerprint density at radius 1 is 1.03 bits per heavy atom. The zero-order valence-corrected chi connectivity index (χ0v) is 19.6. The Morgan fingerprint density at radius 3 is 2.76 bits per heavy atom. The van der Waals surface area contributed by atoms with Crippen molar-refractivity contribution in [3.8, 4) is 0 Å². The lowest BCUT2D eigenvalue weighted by Gasteiger charge is -2.38. The van der Waals surface area contributed by atoms with Crippen molar-refractivity contribution in [3.63, 3.8) is 0 Å². The van der Waals surface area contributed by atoms with Gasteiger partial charge in [0.1, 0.15) is 6.04 Å². The summed E-state index contributed by atoms with van der Waals surface area (Å²) in [5.41, 5.74) is 5.11. The number of aromatic amines is 1. The highest BCUT2D eigenvalue weighted by molar-refractivity contribution is 5.80. The molecule has 0 unspecified atom stereocenters. The molecule has 1 aliphatic heterocycles. The van der Waals surface area contributed by atoms with Gasteiger partial charge in [0.15, 0.2) is 5.82 Å². The fourth-order valence-corrected chi connectivity index (χ4v) is 5.79. The first-order valence-electron chi connectivity index (χ1n) is 12.4. The predicted molar refractivity (Wildman–Crippen MR) is 133 cm³/mol. The van der Waals surface area contributed by atoms with Gasteiger partial charge in [-0.05, 0) is 78.2 Å². The topological polar surface area (TPSA) is 79.7 Å². The lowest BCUT2D eigenvalue weighted by atomic mass is 9.94. The van der Waals surface area contributed by atoms with Gasteiger partial charge < -0.3 is 9.88 Å². The van der Waals surface area contributed by atoms with E-state index in [4.69, 9.17) is 0 Å². The number of para-hydroxylation sites is 1. The number of rotatable bonds is 4. The van der Waals surface area contributed by atoms with E-state index in [1.54, 1.807) is 0 Å². The van der Waals surface area contributed by atoms with Crippen LogP contribution in [0.15, 0.2) is 53.3 Å². The van der Waals surface area contributed by atoms with E-state index in [2.05, 4.69) is 62.7 Å².